The van der Waals surface area contributed by atoms with E-state index in [2.05, 4.69) is 257 Å². The summed E-state index contributed by atoms with van der Waals surface area (Å²) in [5.41, 5.74) is 25.2. The third-order valence-corrected chi connectivity index (χ3v) is 16.2. The molecule has 11 aromatic rings. The lowest BCUT2D eigenvalue weighted by Crippen LogP contribution is -2.40. The first-order valence-corrected chi connectivity index (χ1v) is 24.3. The van der Waals surface area contributed by atoms with E-state index in [0.717, 1.165) is 39.0 Å². The first-order chi connectivity index (χ1) is 33.7. The lowest BCUT2D eigenvalue weighted by molar-refractivity contribution is 0.563. The summed E-state index contributed by atoms with van der Waals surface area (Å²) in [4.78, 5) is 2.41. The molecule has 0 saturated carbocycles. The molecule has 0 N–H and O–H groups in total. The van der Waals surface area contributed by atoms with Crippen LogP contribution < -0.4 is 4.90 Å². The topological polar surface area (TPSA) is 16.4 Å². The third kappa shape index (κ3) is 5.49. The minimum Gasteiger partial charge on any atom is -0.456 e. The van der Waals surface area contributed by atoms with Gasteiger partial charge in [-0.2, -0.15) is 0 Å². The van der Waals surface area contributed by atoms with Crippen LogP contribution in [0, 0.1) is 0 Å². The summed E-state index contributed by atoms with van der Waals surface area (Å²) in [5, 5.41) is 2.19. The zero-order valence-electron chi connectivity index (χ0n) is 39.2. The van der Waals surface area contributed by atoms with E-state index < -0.39 is 5.41 Å². The average Bonchev–Trinajstić information content (AvgIpc) is 3.99. The summed E-state index contributed by atoms with van der Waals surface area (Å²) in [5.74, 6) is 0. The van der Waals surface area contributed by atoms with Gasteiger partial charge in [-0.05, 0) is 144 Å². The van der Waals surface area contributed by atoms with Gasteiger partial charge in [0.2, 0.25) is 0 Å². The highest BCUT2D eigenvalue weighted by Gasteiger charge is 2.53. The predicted molar refractivity (Wildman–Crippen MR) is 286 cm³/mol. The van der Waals surface area contributed by atoms with Crippen molar-refractivity contribution in [2.75, 3.05) is 4.90 Å². The highest BCUT2D eigenvalue weighted by Crippen LogP contribution is 2.63. The van der Waals surface area contributed by atoms with Gasteiger partial charge in [0, 0.05) is 38.7 Å². The van der Waals surface area contributed by atoms with Gasteiger partial charge in [-0.1, -0.05) is 198 Å². The van der Waals surface area contributed by atoms with Gasteiger partial charge < -0.3 is 9.32 Å². The quantitative estimate of drug-likeness (QED) is 0.171. The Morgan fingerprint density at radius 2 is 0.783 bits per heavy atom. The van der Waals surface area contributed by atoms with Crippen LogP contribution in [-0.4, -0.2) is 0 Å². The number of rotatable bonds is 5. The molecule has 328 valence electrons. The van der Waals surface area contributed by atoms with E-state index in [0.29, 0.717) is 0 Å². The number of furan rings is 1. The number of hydrogen-bond acceptors (Lipinski definition) is 2. The van der Waals surface area contributed by atoms with Crippen LogP contribution in [0.15, 0.2) is 229 Å². The molecule has 69 heavy (non-hydrogen) atoms. The van der Waals surface area contributed by atoms with E-state index in [4.69, 9.17) is 4.42 Å². The summed E-state index contributed by atoms with van der Waals surface area (Å²) in [7, 11) is 0. The Hall–Kier alpha value is -8.20. The van der Waals surface area contributed by atoms with E-state index in [1.807, 2.05) is 0 Å². The van der Waals surface area contributed by atoms with Crippen LogP contribution in [0.5, 0.6) is 0 Å². The van der Waals surface area contributed by atoms with Crippen LogP contribution in [-0.2, 0) is 16.2 Å². The third-order valence-electron chi connectivity index (χ3n) is 16.2. The van der Waals surface area contributed by atoms with Gasteiger partial charge in [0.25, 0.3) is 0 Å². The van der Waals surface area contributed by atoms with E-state index in [1.165, 1.54) is 89.0 Å². The van der Waals surface area contributed by atoms with Crippen LogP contribution in [0.1, 0.15) is 72.2 Å². The number of anilines is 3. The van der Waals surface area contributed by atoms with E-state index in [1.54, 1.807) is 0 Å². The molecular weight excluding hydrogens is 835 g/mol. The molecule has 0 saturated heterocycles. The minimum absolute atomic E-state index is 0.135. The summed E-state index contributed by atoms with van der Waals surface area (Å²) < 4.78 is 6.70. The second-order valence-electron chi connectivity index (χ2n) is 20.4. The Morgan fingerprint density at radius 3 is 1.51 bits per heavy atom. The van der Waals surface area contributed by atoms with Crippen LogP contribution in [0.3, 0.4) is 0 Å². The molecule has 0 bridgehead atoms. The maximum atomic E-state index is 6.70. The fraction of sp³-hybridized carbons (Fsp3) is 0.104. The number of hydrogen-bond donors (Lipinski definition) is 0. The largest absolute Gasteiger partial charge is 0.456 e. The normalized spacial score (nSPS) is 15.0. The number of benzene rings is 10. The van der Waals surface area contributed by atoms with Crippen molar-refractivity contribution in [2.45, 2.75) is 43.9 Å². The van der Waals surface area contributed by atoms with Gasteiger partial charge in [-0.25, -0.2) is 0 Å². The predicted octanol–water partition coefficient (Wildman–Crippen LogP) is 17.7. The van der Waals surface area contributed by atoms with Crippen molar-refractivity contribution in [1.82, 2.24) is 0 Å². The maximum Gasteiger partial charge on any atom is 0.135 e. The summed E-state index contributed by atoms with van der Waals surface area (Å²) in [6.07, 6.45) is 0. The smallest absolute Gasteiger partial charge is 0.135 e. The molecule has 0 unspecified atom stereocenters. The van der Waals surface area contributed by atoms with Crippen LogP contribution in [0.25, 0.3) is 66.4 Å². The van der Waals surface area contributed by atoms with Crippen LogP contribution in [0.2, 0.25) is 0 Å². The molecule has 0 aliphatic heterocycles. The first kappa shape index (κ1) is 39.9. The highest BCUT2D eigenvalue weighted by atomic mass is 16.3. The highest BCUT2D eigenvalue weighted by molar-refractivity contribution is 6.09. The van der Waals surface area contributed by atoms with Crippen molar-refractivity contribution in [3.8, 4) is 44.5 Å². The second-order valence-corrected chi connectivity index (χ2v) is 20.4. The van der Waals surface area contributed by atoms with Crippen molar-refractivity contribution < 1.29 is 4.42 Å². The molecule has 1 aromatic heterocycles. The fourth-order valence-corrected chi connectivity index (χ4v) is 12.9. The zero-order valence-corrected chi connectivity index (χ0v) is 39.2. The Kier molecular flexibility index (Phi) is 8.33. The Labute approximate surface area is 403 Å². The molecular formula is C67H49NO. The Bertz CT molecular complexity index is 3860. The van der Waals surface area contributed by atoms with Gasteiger partial charge in [0.05, 0.1) is 5.41 Å². The molecule has 2 nitrogen and oxygen atoms in total. The van der Waals surface area contributed by atoms with Gasteiger partial charge in [0.15, 0.2) is 0 Å². The molecule has 3 aliphatic carbocycles. The van der Waals surface area contributed by atoms with Crippen LogP contribution >= 0.6 is 0 Å². The average molecular weight is 884 g/mol. The molecule has 0 atom stereocenters. The second kappa shape index (κ2) is 14.4. The first-order valence-electron chi connectivity index (χ1n) is 24.3. The molecule has 14 rings (SSSR count). The standard InChI is InChI=1S/C67H49NO/c1-65(2)54-22-10-8-19-49(54)50-36-34-47(41-61(50)65)68(45-32-29-43(30-33-45)42-17-6-5-7-18-42)46-35-38-63-53(40-46)52-39-44(31-37-62(52)69-63)48-21-16-28-60-64(48)51-20-9-11-23-55(51)67(60)58-26-14-12-24-56(58)66(3,4)57-25-13-15-27-59(57)67/h5-41H,1-4H3. The van der Waals surface area contributed by atoms with Gasteiger partial charge in [-0.15, -0.1) is 0 Å². The summed E-state index contributed by atoms with van der Waals surface area (Å²) >= 11 is 0. The molecule has 3 aliphatic rings. The van der Waals surface area contributed by atoms with Crippen LogP contribution in [0.4, 0.5) is 17.1 Å². The molecule has 0 amide bonds. The number of nitrogens with zero attached hydrogens (tertiary/aromatic N) is 1. The summed E-state index contributed by atoms with van der Waals surface area (Å²) in [6, 6.07) is 83.6. The molecule has 1 heterocycles. The van der Waals surface area contributed by atoms with Gasteiger partial charge >= 0.3 is 0 Å². The van der Waals surface area contributed by atoms with E-state index >= 15 is 0 Å². The van der Waals surface area contributed by atoms with Crippen molar-refractivity contribution >= 4 is 39.0 Å². The van der Waals surface area contributed by atoms with Crippen molar-refractivity contribution in [3.63, 3.8) is 0 Å². The summed E-state index contributed by atoms with van der Waals surface area (Å²) in [6.45, 7) is 9.49. The fourth-order valence-electron chi connectivity index (χ4n) is 12.9. The number of fused-ring (bicyclic) bond motifs is 15. The SMILES string of the molecule is CC1(C)c2ccccc2-c2ccc(N(c3ccc(-c4ccccc4)cc3)c3ccc4oc5ccc(-c6cccc7c6-c6ccccc6C76c7ccccc7C(C)(C)c7ccccc76)cc5c4c3)cc21. The van der Waals surface area contributed by atoms with Gasteiger partial charge in [-0.3, -0.25) is 0 Å². The lowest BCUT2D eigenvalue weighted by atomic mass is 9.55. The molecule has 10 aromatic carbocycles. The molecule has 1 spiro atoms. The minimum atomic E-state index is -0.454. The zero-order chi connectivity index (χ0) is 46.2. The van der Waals surface area contributed by atoms with E-state index in [9.17, 15) is 0 Å². The lowest BCUT2D eigenvalue weighted by Gasteiger charge is -2.46. The molecule has 2 heteroatoms. The van der Waals surface area contributed by atoms with Crippen molar-refractivity contribution in [2.24, 2.45) is 0 Å². The van der Waals surface area contributed by atoms with E-state index in [-0.39, 0.29) is 10.8 Å². The molecule has 0 radical (unpaired) electrons. The van der Waals surface area contributed by atoms with Gasteiger partial charge in [0.1, 0.15) is 11.2 Å². The maximum absolute atomic E-state index is 6.70. The monoisotopic (exact) mass is 883 g/mol. The molecule has 0 fully saturated rings. The Balaban J connectivity index is 0.946. The van der Waals surface area contributed by atoms with Crippen molar-refractivity contribution in [3.05, 3.63) is 269 Å². The Morgan fingerprint density at radius 1 is 0.304 bits per heavy atom. The van der Waals surface area contributed by atoms with Crippen molar-refractivity contribution in [1.29, 1.82) is 0 Å².